The van der Waals surface area contributed by atoms with E-state index in [1.54, 1.807) is 0 Å². The number of nitrogens with one attached hydrogen (secondary N) is 1. The Morgan fingerprint density at radius 2 is 1.69 bits per heavy atom. The zero-order chi connectivity index (χ0) is 13.0. The van der Waals surface area contributed by atoms with Gasteiger partial charge in [-0.15, -0.1) is 0 Å². The van der Waals surface area contributed by atoms with E-state index in [2.05, 4.69) is 51.9 Å². The number of likely N-dealkylation sites (N-methyl/N-ethyl adjacent to an activating group) is 1. The fraction of sp³-hybridized carbons (Fsp3) is 1.00. The molecule has 0 saturated heterocycles. The molecule has 0 radical (unpaired) electrons. The molecule has 0 spiro atoms. The van der Waals surface area contributed by atoms with Crippen molar-refractivity contribution in [1.29, 1.82) is 0 Å². The van der Waals surface area contributed by atoms with E-state index in [0.717, 1.165) is 13.1 Å². The highest BCUT2D eigenvalue weighted by Crippen LogP contribution is 2.17. The van der Waals surface area contributed by atoms with Gasteiger partial charge in [-0.1, -0.05) is 13.8 Å². The SMILES string of the molecule is CC(CO)N(C)CC(C)(C)CNC(C)(C)C. The molecule has 0 fully saturated rings. The molecule has 98 valence electrons. The van der Waals surface area contributed by atoms with Crippen molar-refractivity contribution in [2.45, 2.75) is 53.1 Å². The second-order valence-electron chi connectivity index (χ2n) is 6.71. The number of rotatable bonds is 6. The molecule has 0 bridgehead atoms. The van der Waals surface area contributed by atoms with Crippen LogP contribution in [0, 0.1) is 5.41 Å². The van der Waals surface area contributed by atoms with Crippen molar-refractivity contribution in [3.05, 3.63) is 0 Å². The lowest BCUT2D eigenvalue weighted by Gasteiger charge is -2.35. The first kappa shape index (κ1) is 15.9. The minimum Gasteiger partial charge on any atom is -0.395 e. The van der Waals surface area contributed by atoms with Crippen molar-refractivity contribution in [2.75, 3.05) is 26.7 Å². The second kappa shape index (κ2) is 5.99. The fourth-order valence-corrected chi connectivity index (χ4v) is 1.53. The van der Waals surface area contributed by atoms with Gasteiger partial charge in [-0.25, -0.2) is 0 Å². The summed E-state index contributed by atoms with van der Waals surface area (Å²) in [5.41, 5.74) is 0.379. The quantitative estimate of drug-likeness (QED) is 0.729. The van der Waals surface area contributed by atoms with Crippen LogP contribution < -0.4 is 5.32 Å². The Morgan fingerprint density at radius 3 is 2.06 bits per heavy atom. The summed E-state index contributed by atoms with van der Waals surface area (Å²) in [5.74, 6) is 0. The molecular formula is C13H30N2O. The summed E-state index contributed by atoms with van der Waals surface area (Å²) >= 11 is 0. The van der Waals surface area contributed by atoms with E-state index >= 15 is 0 Å². The first-order valence-corrected chi connectivity index (χ1v) is 6.13. The highest BCUT2D eigenvalue weighted by molar-refractivity contribution is 4.81. The van der Waals surface area contributed by atoms with E-state index in [1.807, 2.05) is 6.92 Å². The molecule has 1 atom stereocenters. The molecule has 1 unspecified atom stereocenters. The van der Waals surface area contributed by atoms with Gasteiger partial charge in [0, 0.05) is 24.7 Å². The molecule has 16 heavy (non-hydrogen) atoms. The summed E-state index contributed by atoms with van der Waals surface area (Å²) in [6.45, 7) is 15.3. The summed E-state index contributed by atoms with van der Waals surface area (Å²) in [6, 6.07) is 0.230. The Balaban J connectivity index is 4.13. The Hall–Kier alpha value is -0.120. The minimum absolute atomic E-state index is 0.165. The van der Waals surface area contributed by atoms with Gasteiger partial charge in [0.25, 0.3) is 0 Å². The lowest BCUT2D eigenvalue weighted by Crippen LogP contribution is -2.47. The van der Waals surface area contributed by atoms with Crippen LogP contribution in [0.25, 0.3) is 0 Å². The van der Waals surface area contributed by atoms with Crippen LogP contribution in [-0.2, 0) is 0 Å². The molecule has 0 aromatic carbocycles. The second-order valence-corrected chi connectivity index (χ2v) is 6.71. The zero-order valence-corrected chi connectivity index (χ0v) is 12.1. The highest BCUT2D eigenvalue weighted by atomic mass is 16.3. The van der Waals surface area contributed by atoms with Crippen LogP contribution >= 0.6 is 0 Å². The maximum atomic E-state index is 9.10. The fourth-order valence-electron chi connectivity index (χ4n) is 1.53. The van der Waals surface area contributed by atoms with Crippen molar-refractivity contribution >= 4 is 0 Å². The first-order chi connectivity index (χ1) is 7.07. The first-order valence-electron chi connectivity index (χ1n) is 6.13. The molecule has 0 aliphatic carbocycles. The van der Waals surface area contributed by atoms with Crippen LogP contribution in [0.4, 0.5) is 0 Å². The Labute approximate surface area is 101 Å². The number of aliphatic hydroxyl groups excluding tert-OH is 1. The van der Waals surface area contributed by atoms with E-state index in [1.165, 1.54) is 0 Å². The maximum Gasteiger partial charge on any atom is 0.0584 e. The average molecular weight is 230 g/mol. The monoisotopic (exact) mass is 230 g/mol. The molecular weight excluding hydrogens is 200 g/mol. The van der Waals surface area contributed by atoms with E-state index in [4.69, 9.17) is 5.11 Å². The maximum absolute atomic E-state index is 9.10. The number of hydrogen-bond acceptors (Lipinski definition) is 3. The highest BCUT2D eigenvalue weighted by Gasteiger charge is 2.24. The predicted octanol–water partition coefficient (Wildman–Crippen LogP) is 1.71. The molecule has 0 aromatic heterocycles. The normalized spacial score (nSPS) is 15.6. The predicted molar refractivity (Wildman–Crippen MR) is 70.7 cm³/mol. The van der Waals surface area contributed by atoms with Gasteiger partial charge >= 0.3 is 0 Å². The van der Waals surface area contributed by atoms with Gasteiger partial charge < -0.3 is 15.3 Å². The van der Waals surface area contributed by atoms with Gasteiger partial charge in [0.15, 0.2) is 0 Å². The van der Waals surface area contributed by atoms with Crippen LogP contribution in [0.2, 0.25) is 0 Å². The molecule has 0 aromatic rings. The van der Waals surface area contributed by atoms with Gasteiger partial charge in [-0.2, -0.15) is 0 Å². The smallest absolute Gasteiger partial charge is 0.0584 e. The lowest BCUT2D eigenvalue weighted by molar-refractivity contribution is 0.114. The number of nitrogens with zero attached hydrogens (tertiary/aromatic N) is 1. The van der Waals surface area contributed by atoms with Crippen LogP contribution in [-0.4, -0.2) is 48.3 Å². The molecule has 0 rings (SSSR count). The summed E-state index contributed by atoms with van der Waals surface area (Å²) in [5, 5.41) is 12.6. The minimum atomic E-state index is 0.165. The van der Waals surface area contributed by atoms with Crippen LogP contribution in [0.1, 0.15) is 41.5 Å². The van der Waals surface area contributed by atoms with E-state index in [9.17, 15) is 0 Å². The third-order valence-corrected chi connectivity index (χ3v) is 2.79. The van der Waals surface area contributed by atoms with Gasteiger partial charge in [-0.05, 0) is 40.2 Å². The van der Waals surface area contributed by atoms with Crippen molar-refractivity contribution in [3.8, 4) is 0 Å². The van der Waals surface area contributed by atoms with Crippen LogP contribution in [0.5, 0.6) is 0 Å². The van der Waals surface area contributed by atoms with Crippen molar-refractivity contribution in [1.82, 2.24) is 10.2 Å². The Morgan fingerprint density at radius 1 is 1.19 bits per heavy atom. The number of aliphatic hydroxyl groups is 1. The van der Waals surface area contributed by atoms with Gasteiger partial charge in [-0.3, -0.25) is 0 Å². The molecule has 2 N–H and O–H groups in total. The number of hydrogen-bond donors (Lipinski definition) is 2. The summed E-state index contributed by atoms with van der Waals surface area (Å²) in [4.78, 5) is 2.21. The van der Waals surface area contributed by atoms with Crippen molar-refractivity contribution < 1.29 is 5.11 Å². The van der Waals surface area contributed by atoms with Gasteiger partial charge in [0.05, 0.1) is 6.61 Å². The average Bonchev–Trinajstić information content (AvgIpc) is 2.12. The summed E-state index contributed by atoms with van der Waals surface area (Å²) < 4.78 is 0. The van der Waals surface area contributed by atoms with E-state index in [-0.39, 0.29) is 23.6 Å². The lowest BCUT2D eigenvalue weighted by atomic mass is 9.91. The molecule has 0 amide bonds. The largest absolute Gasteiger partial charge is 0.395 e. The van der Waals surface area contributed by atoms with E-state index in [0.29, 0.717) is 0 Å². The van der Waals surface area contributed by atoms with Crippen LogP contribution in [0.3, 0.4) is 0 Å². The topological polar surface area (TPSA) is 35.5 Å². The molecule has 0 aliphatic rings. The standard InChI is InChI=1S/C13H30N2O/c1-11(8-16)15(7)10-13(5,6)9-14-12(2,3)4/h11,14,16H,8-10H2,1-7H3. The van der Waals surface area contributed by atoms with Gasteiger partial charge in [0.1, 0.15) is 0 Å². The molecule has 0 saturated carbocycles. The molecule has 3 nitrogen and oxygen atoms in total. The molecule has 0 heterocycles. The van der Waals surface area contributed by atoms with Gasteiger partial charge in [0.2, 0.25) is 0 Å². The molecule has 0 aliphatic heterocycles. The zero-order valence-electron chi connectivity index (χ0n) is 12.1. The Kier molecular flexibility index (Phi) is 5.94. The summed E-state index contributed by atoms with van der Waals surface area (Å²) in [7, 11) is 2.07. The molecule has 3 heteroatoms. The van der Waals surface area contributed by atoms with Crippen molar-refractivity contribution in [2.24, 2.45) is 5.41 Å². The van der Waals surface area contributed by atoms with Crippen molar-refractivity contribution in [3.63, 3.8) is 0 Å². The van der Waals surface area contributed by atoms with Crippen LogP contribution in [0.15, 0.2) is 0 Å². The third-order valence-electron chi connectivity index (χ3n) is 2.79. The summed E-state index contributed by atoms with van der Waals surface area (Å²) in [6.07, 6.45) is 0. The third kappa shape index (κ3) is 7.20. The Bertz CT molecular complexity index is 197. The van der Waals surface area contributed by atoms with E-state index < -0.39 is 0 Å².